The molecule has 3 heterocycles. The van der Waals surface area contributed by atoms with Gasteiger partial charge in [0.15, 0.2) is 0 Å². The minimum atomic E-state index is 0.430. The Morgan fingerprint density at radius 1 is 0.760 bits per heavy atom. The third-order valence-corrected chi connectivity index (χ3v) is 5.07. The first kappa shape index (κ1) is 18.2. The molecule has 7 heteroatoms. The summed E-state index contributed by atoms with van der Waals surface area (Å²) in [5.41, 5.74) is 0. The smallest absolute Gasteiger partial charge is 0.322 e. The van der Waals surface area contributed by atoms with Crippen molar-refractivity contribution in [1.82, 2.24) is 19.9 Å². The van der Waals surface area contributed by atoms with Gasteiger partial charge < -0.3 is 19.4 Å². The average molecular weight is 348 g/mol. The standard InChI is InChI=1S/C18H32N6O/c1-3-9-22-10-8-13-24(15-14-22)17-19-16(20-18(21-17)25-2)23-11-6-4-5-7-12-23/h3-15H2,1-2H3. The molecule has 1 aromatic heterocycles. The highest BCUT2D eigenvalue weighted by Gasteiger charge is 2.21. The summed E-state index contributed by atoms with van der Waals surface area (Å²) in [5.74, 6) is 1.54. The van der Waals surface area contributed by atoms with Crippen LogP contribution in [-0.2, 0) is 0 Å². The van der Waals surface area contributed by atoms with Crippen molar-refractivity contribution >= 4 is 11.9 Å². The van der Waals surface area contributed by atoms with Gasteiger partial charge in [0.25, 0.3) is 0 Å². The van der Waals surface area contributed by atoms with E-state index in [1.165, 1.54) is 38.6 Å². The number of hydrogen-bond donors (Lipinski definition) is 0. The van der Waals surface area contributed by atoms with Gasteiger partial charge in [0, 0.05) is 32.7 Å². The Morgan fingerprint density at radius 3 is 2.04 bits per heavy atom. The summed E-state index contributed by atoms with van der Waals surface area (Å²) in [5, 5.41) is 0. The fraction of sp³-hybridized carbons (Fsp3) is 0.833. The molecule has 0 aliphatic carbocycles. The van der Waals surface area contributed by atoms with E-state index in [0.29, 0.717) is 6.01 Å². The summed E-state index contributed by atoms with van der Waals surface area (Å²) < 4.78 is 5.37. The van der Waals surface area contributed by atoms with E-state index < -0.39 is 0 Å². The van der Waals surface area contributed by atoms with Crippen LogP contribution in [0.3, 0.4) is 0 Å². The average Bonchev–Trinajstić information content (AvgIpc) is 3.05. The Kier molecular flexibility index (Phi) is 6.67. The highest BCUT2D eigenvalue weighted by atomic mass is 16.5. The lowest BCUT2D eigenvalue weighted by atomic mass is 10.2. The highest BCUT2D eigenvalue weighted by Crippen LogP contribution is 2.21. The van der Waals surface area contributed by atoms with Gasteiger partial charge in [0.2, 0.25) is 11.9 Å². The monoisotopic (exact) mass is 348 g/mol. The summed E-state index contributed by atoms with van der Waals surface area (Å²) in [4.78, 5) is 21.0. The van der Waals surface area contributed by atoms with Crippen molar-refractivity contribution in [2.75, 3.05) is 62.7 Å². The fourth-order valence-electron chi connectivity index (χ4n) is 3.69. The Labute approximate surface area is 151 Å². The second-order valence-corrected chi connectivity index (χ2v) is 7.01. The molecule has 3 rings (SSSR count). The Morgan fingerprint density at radius 2 is 1.40 bits per heavy atom. The molecule has 0 unspecified atom stereocenters. The molecule has 7 nitrogen and oxygen atoms in total. The van der Waals surface area contributed by atoms with E-state index in [9.17, 15) is 0 Å². The fourth-order valence-corrected chi connectivity index (χ4v) is 3.69. The van der Waals surface area contributed by atoms with Gasteiger partial charge in [0.1, 0.15) is 0 Å². The van der Waals surface area contributed by atoms with Gasteiger partial charge in [0.05, 0.1) is 7.11 Å². The summed E-state index contributed by atoms with van der Waals surface area (Å²) in [6.07, 6.45) is 7.36. The predicted octanol–water partition coefficient (Wildman–Crippen LogP) is 2.18. The van der Waals surface area contributed by atoms with Crippen LogP contribution in [0, 0.1) is 0 Å². The lowest BCUT2D eigenvalue weighted by Gasteiger charge is -2.24. The van der Waals surface area contributed by atoms with Gasteiger partial charge in [-0.1, -0.05) is 19.8 Å². The van der Waals surface area contributed by atoms with Crippen molar-refractivity contribution in [3.8, 4) is 6.01 Å². The third-order valence-electron chi connectivity index (χ3n) is 5.07. The van der Waals surface area contributed by atoms with E-state index in [1.807, 2.05) is 0 Å². The molecule has 0 spiro atoms. The van der Waals surface area contributed by atoms with Crippen LogP contribution in [0.4, 0.5) is 11.9 Å². The lowest BCUT2D eigenvalue weighted by molar-refractivity contribution is 0.294. The SMILES string of the molecule is CCCN1CCCN(c2nc(OC)nc(N3CCCCCC3)n2)CC1. The molecular weight excluding hydrogens is 316 g/mol. The molecule has 1 aromatic rings. The second kappa shape index (κ2) is 9.17. The number of hydrogen-bond acceptors (Lipinski definition) is 7. The molecule has 0 atom stereocenters. The van der Waals surface area contributed by atoms with Crippen molar-refractivity contribution in [3.05, 3.63) is 0 Å². The van der Waals surface area contributed by atoms with Crippen LogP contribution in [0.2, 0.25) is 0 Å². The first-order valence-electron chi connectivity index (χ1n) is 9.82. The molecule has 2 aliphatic heterocycles. The Hall–Kier alpha value is -1.63. The summed E-state index contributed by atoms with van der Waals surface area (Å²) in [6, 6.07) is 0.430. The van der Waals surface area contributed by atoms with Crippen LogP contribution in [0.1, 0.15) is 45.4 Å². The van der Waals surface area contributed by atoms with E-state index in [4.69, 9.17) is 9.72 Å². The molecule has 25 heavy (non-hydrogen) atoms. The van der Waals surface area contributed by atoms with Gasteiger partial charge in [-0.05, 0) is 38.8 Å². The number of rotatable bonds is 5. The van der Waals surface area contributed by atoms with Gasteiger partial charge in [-0.2, -0.15) is 15.0 Å². The maximum absolute atomic E-state index is 5.37. The van der Waals surface area contributed by atoms with Gasteiger partial charge in [-0.3, -0.25) is 0 Å². The normalized spacial score (nSPS) is 20.2. The molecule has 2 saturated heterocycles. The van der Waals surface area contributed by atoms with E-state index in [-0.39, 0.29) is 0 Å². The van der Waals surface area contributed by atoms with Gasteiger partial charge >= 0.3 is 6.01 Å². The number of nitrogens with zero attached hydrogens (tertiary/aromatic N) is 6. The summed E-state index contributed by atoms with van der Waals surface area (Å²) >= 11 is 0. The first-order chi connectivity index (χ1) is 12.3. The predicted molar refractivity (Wildman–Crippen MR) is 101 cm³/mol. The maximum atomic E-state index is 5.37. The van der Waals surface area contributed by atoms with E-state index in [2.05, 4.69) is 31.6 Å². The van der Waals surface area contributed by atoms with Crippen LogP contribution in [-0.4, -0.2) is 72.8 Å². The van der Waals surface area contributed by atoms with Crippen LogP contribution < -0.4 is 14.5 Å². The van der Waals surface area contributed by atoms with Crippen LogP contribution >= 0.6 is 0 Å². The second-order valence-electron chi connectivity index (χ2n) is 7.01. The topological polar surface area (TPSA) is 57.6 Å². The maximum Gasteiger partial charge on any atom is 0.322 e. The zero-order valence-electron chi connectivity index (χ0n) is 15.8. The van der Waals surface area contributed by atoms with Gasteiger partial charge in [-0.15, -0.1) is 0 Å². The first-order valence-corrected chi connectivity index (χ1v) is 9.82. The van der Waals surface area contributed by atoms with Gasteiger partial charge in [-0.25, -0.2) is 0 Å². The quantitative estimate of drug-likeness (QED) is 0.808. The summed E-state index contributed by atoms with van der Waals surface area (Å²) in [6.45, 7) is 9.65. The van der Waals surface area contributed by atoms with E-state index in [0.717, 1.165) is 57.6 Å². The van der Waals surface area contributed by atoms with Crippen molar-refractivity contribution in [3.63, 3.8) is 0 Å². The highest BCUT2D eigenvalue weighted by molar-refractivity contribution is 5.40. The van der Waals surface area contributed by atoms with E-state index >= 15 is 0 Å². The molecule has 0 aromatic carbocycles. The minimum Gasteiger partial charge on any atom is -0.467 e. The van der Waals surface area contributed by atoms with Crippen molar-refractivity contribution < 1.29 is 4.74 Å². The van der Waals surface area contributed by atoms with E-state index in [1.54, 1.807) is 7.11 Å². The molecule has 0 bridgehead atoms. The summed E-state index contributed by atoms with van der Waals surface area (Å²) in [7, 11) is 1.64. The lowest BCUT2D eigenvalue weighted by Crippen LogP contribution is -2.33. The number of anilines is 2. The molecule has 140 valence electrons. The molecule has 0 radical (unpaired) electrons. The molecular formula is C18H32N6O. The third kappa shape index (κ3) is 4.93. The largest absolute Gasteiger partial charge is 0.467 e. The van der Waals surface area contributed by atoms with Crippen LogP contribution in [0.25, 0.3) is 0 Å². The molecule has 0 amide bonds. The zero-order chi connectivity index (χ0) is 17.5. The number of ether oxygens (including phenoxy) is 1. The Balaban J connectivity index is 1.77. The van der Waals surface area contributed by atoms with Crippen LogP contribution in [0.5, 0.6) is 6.01 Å². The van der Waals surface area contributed by atoms with Crippen molar-refractivity contribution in [1.29, 1.82) is 0 Å². The molecule has 0 saturated carbocycles. The molecule has 2 fully saturated rings. The van der Waals surface area contributed by atoms with Crippen LogP contribution in [0.15, 0.2) is 0 Å². The molecule has 2 aliphatic rings. The number of aromatic nitrogens is 3. The van der Waals surface area contributed by atoms with Crippen molar-refractivity contribution in [2.45, 2.75) is 45.4 Å². The Bertz CT molecular complexity index is 532. The van der Waals surface area contributed by atoms with Crippen molar-refractivity contribution in [2.24, 2.45) is 0 Å². The minimum absolute atomic E-state index is 0.430. The number of methoxy groups -OCH3 is 1. The molecule has 0 N–H and O–H groups in total. The zero-order valence-corrected chi connectivity index (χ0v) is 15.8.